The highest BCUT2D eigenvalue weighted by molar-refractivity contribution is 6.38. The Hall–Kier alpha value is -2.86. The minimum Gasteiger partial charge on any atom is -0.466 e. The van der Waals surface area contributed by atoms with E-state index >= 15 is 0 Å². The number of carbonyl (C=O) groups excluding carboxylic acids is 3. The summed E-state index contributed by atoms with van der Waals surface area (Å²) >= 11 is 6.51. The Morgan fingerprint density at radius 3 is 2.29 bits per heavy atom. The number of carbonyl (C=O) groups is 3. The number of halogens is 1. The Balaban J connectivity index is 2.25. The minimum atomic E-state index is -0.927. The molecule has 2 aromatic rings. The highest BCUT2D eigenvalue weighted by Crippen LogP contribution is 2.32. The molecule has 0 spiro atoms. The van der Waals surface area contributed by atoms with E-state index in [9.17, 15) is 14.4 Å². The van der Waals surface area contributed by atoms with Crippen LogP contribution in [0.2, 0.25) is 5.02 Å². The van der Waals surface area contributed by atoms with Crippen molar-refractivity contribution in [2.24, 2.45) is 5.92 Å². The highest BCUT2D eigenvalue weighted by Gasteiger charge is 2.27. The lowest BCUT2D eigenvalue weighted by Gasteiger charge is -2.25. The SMILES string of the molecule is CCOC(=O)CC[C@H](C)CN(C(=O)C(=O)OCC)c1ccc(-c2ccccc2)c(Cl)c1. The van der Waals surface area contributed by atoms with Gasteiger partial charge in [-0.05, 0) is 43.9 Å². The van der Waals surface area contributed by atoms with Crippen molar-refractivity contribution in [3.05, 3.63) is 53.6 Å². The van der Waals surface area contributed by atoms with Gasteiger partial charge in [-0.3, -0.25) is 9.59 Å². The molecule has 0 bridgehead atoms. The zero-order valence-electron chi connectivity index (χ0n) is 18.1. The maximum atomic E-state index is 12.8. The summed E-state index contributed by atoms with van der Waals surface area (Å²) in [6.07, 6.45) is 0.755. The van der Waals surface area contributed by atoms with Crippen molar-refractivity contribution in [3.8, 4) is 11.1 Å². The van der Waals surface area contributed by atoms with Gasteiger partial charge in [0, 0.05) is 24.2 Å². The predicted molar refractivity (Wildman–Crippen MR) is 121 cm³/mol. The second-order valence-corrected chi connectivity index (χ2v) is 7.52. The molecule has 6 nitrogen and oxygen atoms in total. The van der Waals surface area contributed by atoms with Crippen molar-refractivity contribution in [1.82, 2.24) is 0 Å². The molecule has 0 fully saturated rings. The van der Waals surface area contributed by atoms with E-state index in [0.717, 1.165) is 11.1 Å². The van der Waals surface area contributed by atoms with E-state index < -0.39 is 11.9 Å². The molecule has 1 amide bonds. The second kappa shape index (κ2) is 12.1. The van der Waals surface area contributed by atoms with Gasteiger partial charge >= 0.3 is 17.8 Å². The first-order valence-corrected chi connectivity index (χ1v) is 10.7. The van der Waals surface area contributed by atoms with E-state index in [-0.39, 0.29) is 31.5 Å². The van der Waals surface area contributed by atoms with Crippen LogP contribution < -0.4 is 4.90 Å². The fraction of sp³-hybridized carbons (Fsp3) is 0.375. The third kappa shape index (κ3) is 7.10. The van der Waals surface area contributed by atoms with Gasteiger partial charge in [-0.25, -0.2) is 4.79 Å². The Bertz CT molecular complexity index is 900. The van der Waals surface area contributed by atoms with E-state index in [4.69, 9.17) is 21.1 Å². The fourth-order valence-electron chi connectivity index (χ4n) is 3.13. The Morgan fingerprint density at radius 1 is 1.00 bits per heavy atom. The maximum absolute atomic E-state index is 12.8. The standard InChI is InChI=1S/C24H28ClNO5/c1-4-30-22(27)14-11-17(3)16-26(23(28)24(29)31-5-2)19-12-13-20(21(25)15-19)18-9-7-6-8-10-18/h6-10,12-13,15,17H,4-5,11,14,16H2,1-3H3/t17-/m0/s1. The third-order valence-electron chi connectivity index (χ3n) is 4.69. The molecule has 0 aliphatic heterocycles. The molecule has 0 unspecified atom stereocenters. The molecule has 0 radical (unpaired) electrons. The van der Waals surface area contributed by atoms with Crippen LogP contribution in [0.1, 0.15) is 33.6 Å². The third-order valence-corrected chi connectivity index (χ3v) is 5.00. The molecule has 0 aliphatic rings. The van der Waals surface area contributed by atoms with Crippen LogP contribution in [0.5, 0.6) is 0 Å². The van der Waals surface area contributed by atoms with Crippen molar-refractivity contribution >= 4 is 35.1 Å². The van der Waals surface area contributed by atoms with E-state index in [1.54, 1.807) is 26.0 Å². The molecule has 31 heavy (non-hydrogen) atoms. The second-order valence-electron chi connectivity index (χ2n) is 7.12. The van der Waals surface area contributed by atoms with Crippen molar-refractivity contribution in [1.29, 1.82) is 0 Å². The number of nitrogens with zero attached hydrogens (tertiary/aromatic N) is 1. The van der Waals surface area contributed by atoms with Gasteiger partial charge in [0.1, 0.15) is 0 Å². The number of amides is 1. The molecule has 7 heteroatoms. The van der Waals surface area contributed by atoms with Crippen LogP contribution in [0.25, 0.3) is 11.1 Å². The largest absolute Gasteiger partial charge is 0.466 e. The molecule has 0 aliphatic carbocycles. The minimum absolute atomic E-state index is 0.0599. The van der Waals surface area contributed by atoms with Gasteiger partial charge in [0.05, 0.1) is 18.2 Å². The van der Waals surface area contributed by atoms with Gasteiger partial charge in [0.15, 0.2) is 0 Å². The smallest absolute Gasteiger partial charge is 0.397 e. The molecule has 0 heterocycles. The number of esters is 2. The Morgan fingerprint density at radius 2 is 1.68 bits per heavy atom. The number of anilines is 1. The molecular formula is C24H28ClNO5. The van der Waals surface area contributed by atoms with Crippen LogP contribution in [0.15, 0.2) is 48.5 Å². The molecule has 0 saturated heterocycles. The first-order valence-electron chi connectivity index (χ1n) is 10.4. The van der Waals surface area contributed by atoms with Crippen molar-refractivity contribution in [3.63, 3.8) is 0 Å². The van der Waals surface area contributed by atoms with Gasteiger partial charge in [-0.15, -0.1) is 0 Å². The van der Waals surface area contributed by atoms with E-state index in [2.05, 4.69) is 0 Å². The molecular weight excluding hydrogens is 418 g/mol. The number of hydrogen-bond acceptors (Lipinski definition) is 5. The molecule has 2 rings (SSSR count). The average Bonchev–Trinajstić information content (AvgIpc) is 2.76. The van der Waals surface area contributed by atoms with Gasteiger partial charge in [0.25, 0.3) is 0 Å². The highest BCUT2D eigenvalue weighted by atomic mass is 35.5. The fourth-order valence-corrected chi connectivity index (χ4v) is 3.42. The molecule has 0 aromatic heterocycles. The first-order chi connectivity index (χ1) is 14.9. The zero-order chi connectivity index (χ0) is 22.8. The lowest BCUT2D eigenvalue weighted by atomic mass is 10.0. The molecule has 0 N–H and O–H groups in total. The maximum Gasteiger partial charge on any atom is 0.397 e. The summed E-state index contributed by atoms with van der Waals surface area (Å²) in [5.74, 6) is -2.04. The average molecular weight is 446 g/mol. The number of benzene rings is 2. The first kappa shape index (κ1) is 24.4. The van der Waals surface area contributed by atoms with Crippen molar-refractivity contribution in [2.45, 2.75) is 33.6 Å². The Kier molecular flexibility index (Phi) is 9.53. The van der Waals surface area contributed by atoms with Crippen LogP contribution in [-0.2, 0) is 23.9 Å². The van der Waals surface area contributed by atoms with Gasteiger partial charge in [-0.2, -0.15) is 0 Å². The summed E-state index contributed by atoms with van der Waals surface area (Å²) < 4.78 is 9.86. The lowest BCUT2D eigenvalue weighted by molar-refractivity contribution is -0.153. The number of ether oxygens (including phenoxy) is 2. The normalized spacial score (nSPS) is 11.5. The summed E-state index contributed by atoms with van der Waals surface area (Å²) in [4.78, 5) is 37.9. The Labute approximate surface area is 188 Å². The zero-order valence-corrected chi connectivity index (χ0v) is 18.9. The molecule has 166 valence electrons. The van der Waals surface area contributed by atoms with E-state index in [1.165, 1.54) is 4.90 Å². The predicted octanol–water partition coefficient (Wildman–Crippen LogP) is 4.88. The van der Waals surface area contributed by atoms with Crippen molar-refractivity contribution in [2.75, 3.05) is 24.7 Å². The summed E-state index contributed by atoms with van der Waals surface area (Å²) in [6, 6.07) is 14.9. The van der Waals surface area contributed by atoms with Gasteiger partial charge in [0.2, 0.25) is 0 Å². The van der Waals surface area contributed by atoms with Crippen LogP contribution in [0.4, 0.5) is 5.69 Å². The van der Waals surface area contributed by atoms with E-state index in [0.29, 0.717) is 23.7 Å². The van der Waals surface area contributed by atoms with Crippen LogP contribution in [-0.4, -0.2) is 37.6 Å². The monoisotopic (exact) mass is 445 g/mol. The molecule has 1 atom stereocenters. The van der Waals surface area contributed by atoms with Crippen LogP contribution in [0.3, 0.4) is 0 Å². The summed E-state index contributed by atoms with van der Waals surface area (Å²) in [7, 11) is 0. The van der Waals surface area contributed by atoms with Crippen molar-refractivity contribution < 1.29 is 23.9 Å². The topological polar surface area (TPSA) is 72.9 Å². The van der Waals surface area contributed by atoms with Gasteiger partial charge < -0.3 is 14.4 Å². The quantitative estimate of drug-likeness (QED) is 0.406. The van der Waals surface area contributed by atoms with E-state index in [1.807, 2.05) is 43.3 Å². The number of hydrogen-bond donors (Lipinski definition) is 0. The molecule has 0 saturated carbocycles. The van der Waals surface area contributed by atoms with Crippen LogP contribution >= 0.6 is 11.6 Å². The van der Waals surface area contributed by atoms with Gasteiger partial charge in [-0.1, -0.05) is 54.9 Å². The summed E-state index contributed by atoms with van der Waals surface area (Å²) in [5, 5.41) is 0.463. The lowest BCUT2D eigenvalue weighted by Crippen LogP contribution is -2.40. The number of rotatable bonds is 9. The molecule has 2 aromatic carbocycles. The summed E-state index contributed by atoms with van der Waals surface area (Å²) in [5.41, 5.74) is 2.26. The summed E-state index contributed by atoms with van der Waals surface area (Å²) in [6.45, 7) is 5.97. The van der Waals surface area contributed by atoms with Crippen LogP contribution in [0, 0.1) is 5.92 Å².